The predicted molar refractivity (Wildman–Crippen MR) is 55.8 cm³/mol. The van der Waals surface area contributed by atoms with Crippen LogP contribution in [0.2, 0.25) is 0 Å². The highest BCUT2D eigenvalue weighted by Gasteiger charge is 2.28. The predicted octanol–water partition coefficient (Wildman–Crippen LogP) is 3.26. The summed E-state index contributed by atoms with van der Waals surface area (Å²) in [5, 5.41) is 2.92. The molecule has 0 aliphatic carbocycles. The van der Waals surface area contributed by atoms with E-state index in [-0.39, 0.29) is 0 Å². The molecule has 0 saturated carbocycles. The lowest BCUT2D eigenvalue weighted by atomic mass is 9.95. The average Bonchev–Trinajstić information content (AvgIpc) is 2.36. The molecule has 1 heterocycles. The molecule has 94 valence electrons. The summed E-state index contributed by atoms with van der Waals surface area (Å²) < 4.78 is 53.1. The Labute approximate surface area is 96.8 Å². The Morgan fingerprint density at radius 2 is 1.88 bits per heavy atom. The molecule has 17 heavy (non-hydrogen) atoms. The van der Waals surface area contributed by atoms with E-state index in [1.165, 1.54) is 0 Å². The zero-order valence-electron chi connectivity index (χ0n) is 9.15. The lowest BCUT2D eigenvalue weighted by molar-refractivity contribution is 0.214. The number of halogens is 4. The van der Waals surface area contributed by atoms with Gasteiger partial charge in [0.1, 0.15) is 6.17 Å². The second-order valence-corrected chi connectivity index (χ2v) is 4.22. The molecule has 0 spiro atoms. The number of benzene rings is 1. The molecule has 1 nitrogen and oxygen atoms in total. The van der Waals surface area contributed by atoms with Crippen LogP contribution in [0.25, 0.3) is 0 Å². The van der Waals surface area contributed by atoms with Gasteiger partial charge in [-0.1, -0.05) is 6.42 Å². The molecule has 1 aliphatic heterocycles. The van der Waals surface area contributed by atoms with Crippen molar-refractivity contribution in [2.24, 2.45) is 0 Å². The third kappa shape index (κ3) is 2.44. The zero-order chi connectivity index (χ0) is 12.4. The van der Waals surface area contributed by atoms with Crippen LogP contribution in [0.3, 0.4) is 0 Å². The van der Waals surface area contributed by atoms with Crippen molar-refractivity contribution >= 4 is 0 Å². The fourth-order valence-electron chi connectivity index (χ4n) is 2.10. The molecule has 2 atom stereocenters. The Morgan fingerprint density at radius 1 is 1.12 bits per heavy atom. The number of rotatable bonds is 2. The van der Waals surface area contributed by atoms with Crippen molar-refractivity contribution in [2.75, 3.05) is 6.54 Å². The third-order valence-electron chi connectivity index (χ3n) is 3.06. The van der Waals surface area contributed by atoms with E-state index in [2.05, 4.69) is 5.32 Å². The van der Waals surface area contributed by atoms with Crippen LogP contribution in [0.4, 0.5) is 17.6 Å². The molecule has 2 rings (SSSR count). The van der Waals surface area contributed by atoms with Gasteiger partial charge in [-0.05, 0) is 31.5 Å². The summed E-state index contributed by atoms with van der Waals surface area (Å²) >= 11 is 0. The maximum absolute atomic E-state index is 14.0. The maximum Gasteiger partial charge on any atom is 0.194 e. The van der Waals surface area contributed by atoms with Gasteiger partial charge in [0.05, 0.1) is 0 Å². The fraction of sp³-hybridized carbons (Fsp3) is 0.500. The van der Waals surface area contributed by atoms with Crippen LogP contribution in [0.5, 0.6) is 0 Å². The van der Waals surface area contributed by atoms with Crippen molar-refractivity contribution < 1.29 is 17.6 Å². The van der Waals surface area contributed by atoms with E-state index >= 15 is 0 Å². The molecule has 0 amide bonds. The molecule has 1 N–H and O–H groups in total. The van der Waals surface area contributed by atoms with Crippen molar-refractivity contribution in [3.8, 4) is 0 Å². The largest absolute Gasteiger partial charge is 0.311 e. The van der Waals surface area contributed by atoms with Gasteiger partial charge in [-0.3, -0.25) is 0 Å². The summed E-state index contributed by atoms with van der Waals surface area (Å²) in [5.41, 5.74) is -0.414. The molecular weight excluding hydrogens is 234 g/mol. The first-order valence-corrected chi connectivity index (χ1v) is 5.62. The van der Waals surface area contributed by atoms with E-state index in [1.54, 1.807) is 0 Å². The SMILES string of the molecule is Fc1ccc(C(F)C2CCCCN2)c(F)c1F. The third-order valence-corrected chi connectivity index (χ3v) is 3.06. The van der Waals surface area contributed by atoms with Crippen LogP contribution in [-0.2, 0) is 0 Å². The average molecular weight is 247 g/mol. The quantitative estimate of drug-likeness (QED) is 0.624. The van der Waals surface area contributed by atoms with E-state index < -0.39 is 35.2 Å². The molecule has 0 radical (unpaired) electrons. The summed E-state index contributed by atoms with van der Waals surface area (Å²) in [7, 11) is 0. The van der Waals surface area contributed by atoms with Crippen LogP contribution in [0, 0.1) is 17.5 Å². The lowest BCUT2D eigenvalue weighted by Crippen LogP contribution is -2.37. The van der Waals surface area contributed by atoms with Crippen molar-refractivity contribution in [1.82, 2.24) is 5.32 Å². The molecule has 5 heteroatoms. The highest BCUT2D eigenvalue weighted by molar-refractivity contribution is 5.24. The van der Waals surface area contributed by atoms with E-state index in [0.717, 1.165) is 25.0 Å². The normalized spacial score (nSPS) is 22.5. The topological polar surface area (TPSA) is 12.0 Å². The summed E-state index contributed by atoms with van der Waals surface area (Å²) in [6.45, 7) is 0.663. The molecule has 2 unspecified atom stereocenters. The molecule has 1 aliphatic rings. The second kappa shape index (κ2) is 5.04. The van der Waals surface area contributed by atoms with E-state index in [1.807, 2.05) is 0 Å². The van der Waals surface area contributed by atoms with Crippen LogP contribution in [0.15, 0.2) is 12.1 Å². The summed E-state index contributed by atoms with van der Waals surface area (Å²) in [4.78, 5) is 0. The molecule has 0 aromatic heterocycles. The number of nitrogens with one attached hydrogen (secondary N) is 1. The zero-order valence-corrected chi connectivity index (χ0v) is 9.15. The van der Waals surface area contributed by atoms with Gasteiger partial charge in [0.25, 0.3) is 0 Å². The van der Waals surface area contributed by atoms with Gasteiger partial charge in [0, 0.05) is 11.6 Å². The van der Waals surface area contributed by atoms with Gasteiger partial charge in [-0.15, -0.1) is 0 Å². The first kappa shape index (κ1) is 12.4. The van der Waals surface area contributed by atoms with Gasteiger partial charge in [0.15, 0.2) is 17.5 Å². The Bertz CT molecular complexity index is 402. The first-order chi connectivity index (χ1) is 8.11. The van der Waals surface area contributed by atoms with Crippen LogP contribution >= 0.6 is 0 Å². The molecule has 1 aromatic carbocycles. The van der Waals surface area contributed by atoms with Crippen molar-refractivity contribution in [1.29, 1.82) is 0 Å². The Balaban J connectivity index is 2.24. The Hall–Kier alpha value is -1.10. The maximum atomic E-state index is 14.0. The number of hydrogen-bond donors (Lipinski definition) is 1. The summed E-state index contributed by atoms with van der Waals surface area (Å²) in [5.74, 6) is -4.33. The Morgan fingerprint density at radius 3 is 2.53 bits per heavy atom. The second-order valence-electron chi connectivity index (χ2n) is 4.22. The van der Waals surface area contributed by atoms with Gasteiger partial charge >= 0.3 is 0 Å². The minimum atomic E-state index is -1.65. The standard InChI is InChI=1S/C12H13F4N/c13-8-5-4-7(11(15)12(8)16)10(14)9-3-1-2-6-17-9/h4-5,9-10,17H,1-3,6H2. The van der Waals surface area contributed by atoms with Crippen LogP contribution < -0.4 is 5.32 Å². The first-order valence-electron chi connectivity index (χ1n) is 5.62. The monoisotopic (exact) mass is 247 g/mol. The smallest absolute Gasteiger partial charge is 0.194 e. The summed E-state index contributed by atoms with van der Waals surface area (Å²) in [6, 6.07) is 1.20. The Kier molecular flexibility index (Phi) is 3.66. The van der Waals surface area contributed by atoms with E-state index in [0.29, 0.717) is 13.0 Å². The van der Waals surface area contributed by atoms with Crippen molar-refractivity contribution in [3.05, 3.63) is 35.1 Å². The molecular formula is C12H13F4N. The highest BCUT2D eigenvalue weighted by atomic mass is 19.2. The molecule has 0 bridgehead atoms. The number of alkyl halides is 1. The van der Waals surface area contributed by atoms with Crippen molar-refractivity contribution in [3.63, 3.8) is 0 Å². The molecule has 1 fully saturated rings. The minimum Gasteiger partial charge on any atom is -0.311 e. The highest BCUT2D eigenvalue weighted by Crippen LogP contribution is 2.29. The lowest BCUT2D eigenvalue weighted by Gasteiger charge is -2.27. The van der Waals surface area contributed by atoms with Crippen LogP contribution in [0.1, 0.15) is 31.0 Å². The van der Waals surface area contributed by atoms with E-state index in [9.17, 15) is 17.6 Å². The molecule has 1 aromatic rings. The van der Waals surface area contributed by atoms with Gasteiger partial charge in [-0.2, -0.15) is 0 Å². The van der Waals surface area contributed by atoms with Gasteiger partial charge in [-0.25, -0.2) is 17.6 Å². The van der Waals surface area contributed by atoms with Crippen LogP contribution in [-0.4, -0.2) is 12.6 Å². The van der Waals surface area contributed by atoms with Crippen molar-refractivity contribution in [2.45, 2.75) is 31.5 Å². The molecule has 1 saturated heterocycles. The minimum absolute atomic E-state index is 0.414. The van der Waals surface area contributed by atoms with Gasteiger partial charge in [0.2, 0.25) is 0 Å². The van der Waals surface area contributed by atoms with Gasteiger partial charge < -0.3 is 5.32 Å². The number of piperidine rings is 1. The summed E-state index contributed by atoms with van der Waals surface area (Å²) in [6.07, 6.45) is 0.720. The number of hydrogen-bond acceptors (Lipinski definition) is 1. The van der Waals surface area contributed by atoms with E-state index in [4.69, 9.17) is 0 Å². The fourth-order valence-corrected chi connectivity index (χ4v) is 2.10.